The van der Waals surface area contributed by atoms with E-state index in [-0.39, 0.29) is 12.0 Å². The Hall–Kier alpha value is -1.55. The van der Waals surface area contributed by atoms with Gasteiger partial charge in [-0.2, -0.15) is 0 Å². The van der Waals surface area contributed by atoms with Gasteiger partial charge in [0.1, 0.15) is 5.75 Å². The molecule has 1 aromatic carbocycles. The normalized spacial score (nSPS) is 17.1. The van der Waals surface area contributed by atoms with Crippen LogP contribution >= 0.6 is 0 Å². The first-order chi connectivity index (χ1) is 10.2. The van der Waals surface area contributed by atoms with Gasteiger partial charge in [0.25, 0.3) is 0 Å². The Morgan fingerprint density at radius 1 is 1.33 bits per heavy atom. The molecule has 2 rings (SSSR count). The minimum Gasteiger partial charge on any atom is -0.494 e. The van der Waals surface area contributed by atoms with Crippen molar-refractivity contribution in [3.63, 3.8) is 0 Å². The van der Waals surface area contributed by atoms with Crippen LogP contribution in [-0.2, 0) is 22.4 Å². The zero-order valence-corrected chi connectivity index (χ0v) is 12.8. The van der Waals surface area contributed by atoms with Crippen molar-refractivity contribution in [2.24, 2.45) is 5.73 Å². The molecule has 4 heteroatoms. The molecule has 1 unspecified atom stereocenters. The summed E-state index contributed by atoms with van der Waals surface area (Å²) in [5.74, 6) is 0.777. The SMILES string of the molecule is CCOC(=O)CCCCOc1ccc2c(c1)CC(N)CC2. The fourth-order valence-electron chi connectivity index (χ4n) is 2.65. The van der Waals surface area contributed by atoms with E-state index in [0.29, 0.717) is 19.6 Å². The molecule has 0 fully saturated rings. The molecular formula is C17H25NO3. The van der Waals surface area contributed by atoms with E-state index in [1.807, 2.05) is 13.0 Å². The van der Waals surface area contributed by atoms with Gasteiger partial charge in [0.05, 0.1) is 13.2 Å². The summed E-state index contributed by atoms with van der Waals surface area (Å²) in [6, 6.07) is 6.56. The maximum absolute atomic E-state index is 11.2. The highest BCUT2D eigenvalue weighted by molar-refractivity contribution is 5.69. The Morgan fingerprint density at radius 2 is 2.19 bits per heavy atom. The van der Waals surface area contributed by atoms with Crippen molar-refractivity contribution < 1.29 is 14.3 Å². The van der Waals surface area contributed by atoms with Crippen LogP contribution in [0.5, 0.6) is 5.75 Å². The number of hydrogen-bond donors (Lipinski definition) is 1. The van der Waals surface area contributed by atoms with Crippen LogP contribution in [0.2, 0.25) is 0 Å². The van der Waals surface area contributed by atoms with Crippen molar-refractivity contribution in [3.05, 3.63) is 29.3 Å². The van der Waals surface area contributed by atoms with E-state index >= 15 is 0 Å². The number of esters is 1. The van der Waals surface area contributed by atoms with Crippen molar-refractivity contribution in [2.45, 2.75) is 51.5 Å². The average molecular weight is 291 g/mol. The Kier molecular flexibility index (Phi) is 6.05. The summed E-state index contributed by atoms with van der Waals surface area (Å²) in [6.07, 6.45) is 5.20. The maximum atomic E-state index is 11.2. The lowest BCUT2D eigenvalue weighted by Gasteiger charge is -2.22. The Labute approximate surface area is 126 Å². The largest absolute Gasteiger partial charge is 0.494 e. The molecule has 0 radical (unpaired) electrons. The first kappa shape index (κ1) is 15.8. The molecule has 0 heterocycles. The number of carbonyl (C=O) groups excluding carboxylic acids is 1. The molecule has 2 N–H and O–H groups in total. The molecule has 0 bridgehead atoms. The minimum atomic E-state index is -0.125. The molecule has 4 nitrogen and oxygen atoms in total. The van der Waals surface area contributed by atoms with E-state index in [9.17, 15) is 4.79 Å². The summed E-state index contributed by atoms with van der Waals surface area (Å²) in [4.78, 5) is 11.2. The quantitative estimate of drug-likeness (QED) is 0.619. The van der Waals surface area contributed by atoms with E-state index in [2.05, 4.69) is 12.1 Å². The molecule has 0 aromatic heterocycles. The van der Waals surface area contributed by atoms with E-state index in [1.54, 1.807) is 0 Å². The van der Waals surface area contributed by atoms with E-state index < -0.39 is 0 Å². The fraction of sp³-hybridized carbons (Fsp3) is 0.588. The second-order valence-corrected chi connectivity index (χ2v) is 5.54. The summed E-state index contributed by atoms with van der Waals surface area (Å²) in [6.45, 7) is 2.90. The number of hydrogen-bond acceptors (Lipinski definition) is 4. The Bertz CT molecular complexity index is 473. The number of carbonyl (C=O) groups is 1. The number of rotatable bonds is 7. The summed E-state index contributed by atoms with van der Waals surface area (Å²) >= 11 is 0. The van der Waals surface area contributed by atoms with E-state index in [1.165, 1.54) is 11.1 Å². The maximum Gasteiger partial charge on any atom is 0.305 e. The zero-order chi connectivity index (χ0) is 15.1. The monoisotopic (exact) mass is 291 g/mol. The van der Waals surface area contributed by atoms with Gasteiger partial charge in [-0.25, -0.2) is 0 Å². The molecule has 0 saturated heterocycles. The summed E-state index contributed by atoms with van der Waals surface area (Å²) in [5.41, 5.74) is 8.72. The second-order valence-electron chi connectivity index (χ2n) is 5.54. The molecule has 0 spiro atoms. The Morgan fingerprint density at radius 3 is 3.00 bits per heavy atom. The van der Waals surface area contributed by atoms with Gasteiger partial charge in [0.2, 0.25) is 0 Å². The molecule has 0 aliphatic heterocycles. The van der Waals surface area contributed by atoms with Gasteiger partial charge >= 0.3 is 5.97 Å². The number of unbranched alkanes of at least 4 members (excludes halogenated alkanes) is 1. The average Bonchev–Trinajstić information content (AvgIpc) is 2.46. The third-order valence-electron chi connectivity index (χ3n) is 3.79. The summed E-state index contributed by atoms with van der Waals surface area (Å²) in [5, 5.41) is 0. The van der Waals surface area contributed by atoms with Crippen LogP contribution in [0.4, 0.5) is 0 Å². The van der Waals surface area contributed by atoms with Crippen LogP contribution in [0.1, 0.15) is 43.7 Å². The highest BCUT2D eigenvalue weighted by Gasteiger charge is 2.15. The number of ether oxygens (including phenoxy) is 2. The third kappa shape index (κ3) is 5.05. The molecule has 1 aromatic rings. The number of aryl methyl sites for hydroxylation is 1. The molecular weight excluding hydrogens is 266 g/mol. The number of benzene rings is 1. The summed E-state index contributed by atoms with van der Waals surface area (Å²) < 4.78 is 10.6. The number of fused-ring (bicyclic) bond motifs is 1. The smallest absolute Gasteiger partial charge is 0.305 e. The van der Waals surface area contributed by atoms with Crippen LogP contribution in [-0.4, -0.2) is 25.2 Å². The predicted molar refractivity (Wildman–Crippen MR) is 82.4 cm³/mol. The first-order valence-electron chi connectivity index (χ1n) is 7.85. The van der Waals surface area contributed by atoms with Gasteiger partial charge in [0, 0.05) is 12.5 Å². The summed E-state index contributed by atoms with van der Waals surface area (Å²) in [7, 11) is 0. The van der Waals surface area contributed by atoms with Gasteiger partial charge in [-0.3, -0.25) is 4.79 Å². The lowest BCUT2D eigenvalue weighted by atomic mass is 9.89. The van der Waals surface area contributed by atoms with Gasteiger partial charge < -0.3 is 15.2 Å². The molecule has 21 heavy (non-hydrogen) atoms. The van der Waals surface area contributed by atoms with Crippen molar-refractivity contribution >= 4 is 5.97 Å². The molecule has 0 amide bonds. The van der Waals surface area contributed by atoms with Gasteiger partial charge in [-0.1, -0.05) is 6.07 Å². The van der Waals surface area contributed by atoms with E-state index in [0.717, 1.165) is 37.9 Å². The minimum absolute atomic E-state index is 0.125. The lowest BCUT2D eigenvalue weighted by Crippen LogP contribution is -2.27. The number of nitrogens with two attached hydrogens (primary N) is 1. The van der Waals surface area contributed by atoms with Crippen LogP contribution in [0.3, 0.4) is 0 Å². The highest BCUT2D eigenvalue weighted by atomic mass is 16.5. The Balaban J connectivity index is 1.72. The topological polar surface area (TPSA) is 61.5 Å². The first-order valence-corrected chi connectivity index (χ1v) is 7.85. The zero-order valence-electron chi connectivity index (χ0n) is 12.8. The molecule has 1 aliphatic rings. The molecule has 116 valence electrons. The van der Waals surface area contributed by atoms with Crippen LogP contribution in [0.25, 0.3) is 0 Å². The van der Waals surface area contributed by atoms with Gasteiger partial charge in [-0.05, 0) is 62.3 Å². The van der Waals surface area contributed by atoms with Crippen molar-refractivity contribution in [3.8, 4) is 5.75 Å². The predicted octanol–water partition coefficient (Wildman–Crippen LogP) is 2.61. The van der Waals surface area contributed by atoms with Gasteiger partial charge in [0.15, 0.2) is 0 Å². The fourth-order valence-corrected chi connectivity index (χ4v) is 2.65. The van der Waals surface area contributed by atoms with Crippen LogP contribution < -0.4 is 10.5 Å². The van der Waals surface area contributed by atoms with Crippen molar-refractivity contribution in [2.75, 3.05) is 13.2 Å². The third-order valence-corrected chi connectivity index (χ3v) is 3.79. The molecule has 1 aliphatic carbocycles. The molecule has 1 atom stereocenters. The highest BCUT2D eigenvalue weighted by Crippen LogP contribution is 2.25. The van der Waals surface area contributed by atoms with Crippen LogP contribution in [0, 0.1) is 0 Å². The van der Waals surface area contributed by atoms with Crippen LogP contribution in [0.15, 0.2) is 18.2 Å². The second kappa shape index (κ2) is 8.03. The van der Waals surface area contributed by atoms with Gasteiger partial charge in [-0.15, -0.1) is 0 Å². The van der Waals surface area contributed by atoms with E-state index in [4.69, 9.17) is 15.2 Å². The van der Waals surface area contributed by atoms with Crippen molar-refractivity contribution in [1.82, 2.24) is 0 Å². The molecule has 0 saturated carbocycles. The van der Waals surface area contributed by atoms with Crippen molar-refractivity contribution in [1.29, 1.82) is 0 Å². The lowest BCUT2D eigenvalue weighted by molar-refractivity contribution is -0.143. The standard InChI is InChI=1S/C17H25NO3/c1-2-20-17(19)5-3-4-10-21-16-9-7-13-6-8-15(18)11-14(13)12-16/h7,9,12,15H,2-6,8,10-11,18H2,1H3.